The quantitative estimate of drug-likeness (QED) is 0.749. The summed E-state index contributed by atoms with van der Waals surface area (Å²) in [7, 11) is -3.98. The van der Waals surface area contributed by atoms with Crippen molar-refractivity contribution >= 4 is 21.8 Å². The van der Waals surface area contributed by atoms with Crippen molar-refractivity contribution in [3.63, 3.8) is 0 Å². The van der Waals surface area contributed by atoms with E-state index in [0.717, 1.165) is 27.9 Å². The molecule has 2 N–H and O–H groups in total. The Balaban J connectivity index is 1.28. The van der Waals surface area contributed by atoms with Crippen molar-refractivity contribution < 1.29 is 22.7 Å². The number of carbonyl (C=O) groups excluding carboxylic acids is 1. The van der Waals surface area contributed by atoms with Gasteiger partial charge in [-0.3, -0.25) is 9.10 Å². The van der Waals surface area contributed by atoms with Crippen LogP contribution in [0, 0.1) is 23.6 Å². The van der Waals surface area contributed by atoms with Crippen LogP contribution in [0.4, 0.5) is 10.1 Å². The van der Waals surface area contributed by atoms with E-state index in [1.54, 1.807) is 6.07 Å². The molecule has 1 aromatic rings. The summed E-state index contributed by atoms with van der Waals surface area (Å²) in [5.41, 5.74) is -0.564. The highest BCUT2D eigenvalue weighted by atomic mass is 32.2. The molecule has 0 aromatic heterocycles. The van der Waals surface area contributed by atoms with Gasteiger partial charge in [-0.1, -0.05) is 12.1 Å². The van der Waals surface area contributed by atoms with Crippen LogP contribution < -0.4 is 9.62 Å². The molecule has 0 radical (unpaired) electrons. The van der Waals surface area contributed by atoms with Gasteiger partial charge in [0.15, 0.2) is 0 Å². The molecule has 0 spiro atoms. The summed E-state index contributed by atoms with van der Waals surface area (Å²) in [6, 6.07) is 5.79. The summed E-state index contributed by atoms with van der Waals surface area (Å²) < 4.78 is 42.5. The molecule has 2 unspecified atom stereocenters. The summed E-state index contributed by atoms with van der Waals surface area (Å²) in [5.74, 6) is 0.144. The summed E-state index contributed by atoms with van der Waals surface area (Å²) in [4.78, 5) is 12.8. The van der Waals surface area contributed by atoms with Crippen molar-refractivity contribution in [2.75, 3.05) is 23.9 Å². The van der Waals surface area contributed by atoms with Gasteiger partial charge < -0.3 is 10.4 Å². The van der Waals surface area contributed by atoms with Crippen LogP contribution in [0.15, 0.2) is 24.3 Å². The van der Waals surface area contributed by atoms with Crippen LogP contribution in [-0.2, 0) is 15.0 Å². The lowest BCUT2D eigenvalue weighted by atomic mass is 9.52. The molecule has 6 rings (SSSR count). The maximum atomic E-state index is 14.2. The van der Waals surface area contributed by atoms with Crippen molar-refractivity contribution in [3.8, 4) is 0 Å². The van der Waals surface area contributed by atoms with Crippen molar-refractivity contribution in [2.24, 2.45) is 17.8 Å². The lowest BCUT2D eigenvalue weighted by molar-refractivity contribution is -0.146. The van der Waals surface area contributed by atoms with Crippen LogP contribution in [-0.4, -0.2) is 55.0 Å². The van der Waals surface area contributed by atoms with Gasteiger partial charge in [0.25, 0.3) is 0 Å². The van der Waals surface area contributed by atoms with E-state index in [9.17, 15) is 22.7 Å². The lowest BCUT2D eigenvalue weighted by Crippen LogP contribution is -2.62. The van der Waals surface area contributed by atoms with E-state index in [0.29, 0.717) is 25.2 Å². The fourth-order valence-electron chi connectivity index (χ4n) is 6.43. The molecule has 5 fully saturated rings. The van der Waals surface area contributed by atoms with Crippen molar-refractivity contribution in [1.29, 1.82) is 0 Å². The van der Waals surface area contributed by atoms with E-state index < -0.39 is 21.6 Å². The number of halogens is 1. The van der Waals surface area contributed by atoms with Crippen molar-refractivity contribution in [1.82, 2.24) is 9.62 Å². The third-order valence-corrected chi connectivity index (χ3v) is 9.28. The van der Waals surface area contributed by atoms with E-state index >= 15 is 0 Å². The van der Waals surface area contributed by atoms with Gasteiger partial charge in [0.05, 0.1) is 17.8 Å². The van der Waals surface area contributed by atoms with Gasteiger partial charge in [-0.2, -0.15) is 12.7 Å². The molecule has 4 aliphatic carbocycles. The molecule has 30 heavy (non-hydrogen) atoms. The van der Waals surface area contributed by atoms with Gasteiger partial charge in [0, 0.05) is 19.1 Å². The number of anilines is 1. The number of benzene rings is 1. The number of nitrogens with one attached hydrogen (secondary N) is 1. The van der Waals surface area contributed by atoms with E-state index in [2.05, 4.69) is 5.32 Å². The fraction of sp³-hybridized carbons (Fsp3) is 0.667. The van der Waals surface area contributed by atoms with Crippen LogP contribution in [0.2, 0.25) is 0 Å². The Bertz CT molecular complexity index is 939. The normalized spacial score (nSPS) is 37.3. The first kappa shape index (κ1) is 20.2. The molecule has 5 aliphatic rings. The van der Waals surface area contributed by atoms with E-state index in [-0.39, 0.29) is 49.1 Å². The molecule has 1 saturated heterocycles. The average molecular weight is 438 g/mol. The predicted molar refractivity (Wildman–Crippen MR) is 109 cm³/mol. The molecule has 7 nitrogen and oxygen atoms in total. The number of rotatable bonds is 4. The van der Waals surface area contributed by atoms with Crippen LogP contribution in [0.3, 0.4) is 0 Å². The first-order valence-electron chi connectivity index (χ1n) is 10.8. The molecule has 9 heteroatoms. The topological polar surface area (TPSA) is 90.0 Å². The Hall–Kier alpha value is -1.71. The van der Waals surface area contributed by atoms with Gasteiger partial charge in [-0.25, -0.2) is 4.39 Å². The third kappa shape index (κ3) is 3.40. The maximum Gasteiger partial charge on any atom is 0.304 e. The maximum absolute atomic E-state index is 14.2. The van der Waals surface area contributed by atoms with Gasteiger partial charge in [0.1, 0.15) is 5.82 Å². The fourth-order valence-corrected chi connectivity index (χ4v) is 8.10. The molecule has 2 atom stereocenters. The number of hydrogen-bond donors (Lipinski definition) is 2. The Labute approximate surface area is 176 Å². The monoisotopic (exact) mass is 437 g/mol. The van der Waals surface area contributed by atoms with Crippen LogP contribution in [0.1, 0.15) is 38.5 Å². The Morgan fingerprint density at radius 1 is 1.17 bits per heavy atom. The summed E-state index contributed by atoms with van der Waals surface area (Å²) in [6.45, 7) is 0.158. The molecule has 1 heterocycles. The Morgan fingerprint density at radius 2 is 1.87 bits per heavy atom. The number of para-hydroxylation sites is 1. The molecule has 1 amide bonds. The number of hydrogen-bond acceptors (Lipinski definition) is 4. The lowest BCUT2D eigenvalue weighted by Gasteiger charge is -2.58. The second-order valence-electron chi connectivity index (χ2n) is 9.51. The molecule has 4 saturated carbocycles. The SMILES string of the molecule is O=C(CN1CCCN(c2ccccc2F)S1(=O)=O)NC1C2CC3CC1CC(O)(C3)C2. The number of aliphatic hydroxyl groups is 1. The molecular weight excluding hydrogens is 409 g/mol. The summed E-state index contributed by atoms with van der Waals surface area (Å²) in [6.07, 6.45) is 4.87. The molecule has 164 valence electrons. The van der Waals surface area contributed by atoms with Crippen LogP contribution in [0.5, 0.6) is 0 Å². The molecule has 4 bridgehead atoms. The number of amides is 1. The highest BCUT2D eigenvalue weighted by molar-refractivity contribution is 7.90. The first-order valence-corrected chi connectivity index (χ1v) is 12.2. The van der Waals surface area contributed by atoms with Gasteiger partial charge in [-0.15, -0.1) is 0 Å². The van der Waals surface area contributed by atoms with E-state index in [4.69, 9.17) is 0 Å². The first-order chi connectivity index (χ1) is 14.2. The van der Waals surface area contributed by atoms with E-state index in [1.165, 1.54) is 18.2 Å². The molecule has 1 aromatic carbocycles. The van der Waals surface area contributed by atoms with Crippen molar-refractivity contribution in [3.05, 3.63) is 30.1 Å². The second kappa shape index (κ2) is 7.17. The third-order valence-electron chi connectivity index (χ3n) is 7.38. The van der Waals surface area contributed by atoms with Crippen LogP contribution in [0.25, 0.3) is 0 Å². The summed E-state index contributed by atoms with van der Waals surface area (Å²) in [5, 5.41) is 13.8. The zero-order chi connectivity index (χ0) is 21.1. The number of nitrogens with zero attached hydrogens (tertiary/aromatic N) is 2. The van der Waals surface area contributed by atoms with Gasteiger partial charge in [-0.05, 0) is 68.4 Å². The standard InChI is InChI=1S/C21H28FN3O4S/c22-17-4-1-2-5-18(17)25-7-3-6-24(30(25,28)29)13-19(26)23-20-15-8-14-9-16(20)12-21(27,10-14)11-15/h1-2,4-5,14-16,20,27H,3,6-13H2,(H,23,26). The molecule has 1 aliphatic heterocycles. The molecular formula is C21H28FN3O4S. The average Bonchev–Trinajstić information content (AvgIpc) is 2.66. The number of carbonyl (C=O) groups is 1. The van der Waals surface area contributed by atoms with E-state index in [1.807, 2.05) is 0 Å². The minimum absolute atomic E-state index is 0.00416. The minimum Gasteiger partial charge on any atom is -0.390 e. The minimum atomic E-state index is -3.98. The van der Waals surface area contributed by atoms with Crippen LogP contribution >= 0.6 is 0 Å². The predicted octanol–water partition coefficient (Wildman–Crippen LogP) is 1.64. The largest absolute Gasteiger partial charge is 0.390 e. The van der Waals surface area contributed by atoms with Crippen molar-refractivity contribution in [2.45, 2.75) is 50.2 Å². The Morgan fingerprint density at radius 3 is 2.53 bits per heavy atom. The highest BCUT2D eigenvalue weighted by Crippen LogP contribution is 2.55. The van der Waals surface area contributed by atoms with Gasteiger partial charge in [0.2, 0.25) is 5.91 Å². The van der Waals surface area contributed by atoms with Gasteiger partial charge >= 0.3 is 10.2 Å². The Kier molecular flexibility index (Phi) is 4.83. The zero-order valence-electron chi connectivity index (χ0n) is 16.8. The zero-order valence-corrected chi connectivity index (χ0v) is 17.7. The smallest absolute Gasteiger partial charge is 0.304 e. The summed E-state index contributed by atoms with van der Waals surface area (Å²) >= 11 is 0. The second-order valence-corrected chi connectivity index (χ2v) is 11.4. The highest BCUT2D eigenvalue weighted by Gasteiger charge is 2.55.